The fourth-order valence-corrected chi connectivity index (χ4v) is 8.57. The summed E-state index contributed by atoms with van der Waals surface area (Å²) in [4.78, 5) is 7.77. The molecule has 1 spiro atoms. The van der Waals surface area contributed by atoms with Gasteiger partial charge in [0, 0.05) is 29.4 Å². The van der Waals surface area contributed by atoms with E-state index in [1.807, 2.05) is 0 Å². The van der Waals surface area contributed by atoms with Crippen LogP contribution in [0.15, 0.2) is 187 Å². The molecule has 2 aliphatic heterocycles. The molecule has 3 heteroatoms. The second kappa shape index (κ2) is 11.6. The van der Waals surface area contributed by atoms with Crippen LogP contribution in [-0.2, 0) is 5.41 Å². The first-order chi connectivity index (χ1) is 25.2. The van der Waals surface area contributed by atoms with E-state index in [0.29, 0.717) is 0 Å². The molecule has 0 bridgehead atoms. The van der Waals surface area contributed by atoms with Crippen molar-refractivity contribution in [3.05, 3.63) is 221 Å². The highest BCUT2D eigenvalue weighted by Gasteiger charge is 2.51. The van der Waals surface area contributed by atoms with E-state index >= 15 is 0 Å². The van der Waals surface area contributed by atoms with Crippen LogP contribution in [0, 0.1) is 0 Å². The first-order valence-corrected chi connectivity index (χ1v) is 17.6. The Morgan fingerprint density at radius 3 is 1.75 bits per heavy atom. The highest BCUT2D eigenvalue weighted by atomic mass is 16.5. The van der Waals surface area contributed by atoms with Crippen molar-refractivity contribution in [1.82, 2.24) is 4.90 Å². The van der Waals surface area contributed by atoms with Gasteiger partial charge >= 0.3 is 0 Å². The van der Waals surface area contributed by atoms with Gasteiger partial charge in [0.05, 0.1) is 11.1 Å². The zero-order valence-corrected chi connectivity index (χ0v) is 28.2. The quantitative estimate of drug-likeness (QED) is 0.189. The highest BCUT2D eigenvalue weighted by molar-refractivity contribution is 6.16. The van der Waals surface area contributed by atoms with Crippen molar-refractivity contribution in [2.45, 2.75) is 11.6 Å². The zero-order valence-electron chi connectivity index (χ0n) is 28.2. The number of hydrogen-bond acceptors (Lipinski definition) is 3. The van der Waals surface area contributed by atoms with Crippen LogP contribution in [0.1, 0.15) is 45.1 Å². The van der Waals surface area contributed by atoms with Crippen molar-refractivity contribution in [3.63, 3.8) is 0 Å². The molecular formula is C48H34N2O. The molecule has 1 unspecified atom stereocenters. The smallest absolute Gasteiger partial charge is 0.147 e. The Labute approximate surface area is 298 Å². The minimum atomic E-state index is -0.531. The second-order valence-corrected chi connectivity index (χ2v) is 13.5. The molecule has 0 saturated heterocycles. The highest BCUT2D eigenvalue weighted by Crippen LogP contribution is 2.62. The number of nitrogens with zero attached hydrogens (tertiary/aromatic N) is 2. The Hall–Kier alpha value is -6.45. The monoisotopic (exact) mass is 654 g/mol. The summed E-state index contributed by atoms with van der Waals surface area (Å²) in [5.74, 6) is 1.78. The lowest BCUT2D eigenvalue weighted by Gasteiger charge is -2.40. The summed E-state index contributed by atoms with van der Waals surface area (Å²) in [6, 6.07) is 62.9. The summed E-state index contributed by atoms with van der Waals surface area (Å²) in [5.41, 5.74) is 14.7. The number of aliphatic imine (C=N–C) groups is 1. The first-order valence-electron chi connectivity index (χ1n) is 17.6. The minimum Gasteiger partial charge on any atom is -0.457 e. The lowest BCUT2D eigenvalue weighted by atomic mass is 9.66. The molecule has 1 atom stereocenters. The summed E-state index contributed by atoms with van der Waals surface area (Å²) in [7, 11) is 2.16. The molecule has 51 heavy (non-hydrogen) atoms. The van der Waals surface area contributed by atoms with Crippen LogP contribution in [0.25, 0.3) is 28.0 Å². The van der Waals surface area contributed by atoms with Crippen molar-refractivity contribution >= 4 is 11.4 Å². The molecule has 10 rings (SSSR count). The van der Waals surface area contributed by atoms with Crippen LogP contribution < -0.4 is 4.74 Å². The van der Waals surface area contributed by atoms with Gasteiger partial charge in [-0.15, -0.1) is 0 Å². The van der Waals surface area contributed by atoms with Gasteiger partial charge in [-0.3, -0.25) is 4.99 Å². The van der Waals surface area contributed by atoms with E-state index in [0.717, 1.165) is 50.7 Å². The van der Waals surface area contributed by atoms with Gasteiger partial charge in [0.15, 0.2) is 0 Å². The van der Waals surface area contributed by atoms with Crippen LogP contribution in [0.3, 0.4) is 0 Å². The van der Waals surface area contributed by atoms with Crippen molar-refractivity contribution in [3.8, 4) is 33.8 Å². The van der Waals surface area contributed by atoms with E-state index in [1.54, 1.807) is 0 Å². The van der Waals surface area contributed by atoms with Gasteiger partial charge in [-0.05, 0) is 74.8 Å². The van der Waals surface area contributed by atoms with Crippen molar-refractivity contribution < 1.29 is 4.74 Å². The average molecular weight is 655 g/mol. The Bertz CT molecular complexity index is 2490. The molecule has 2 heterocycles. The molecule has 3 nitrogen and oxygen atoms in total. The molecular weight excluding hydrogens is 621 g/mol. The predicted molar refractivity (Wildman–Crippen MR) is 207 cm³/mol. The fraction of sp³-hybridized carbons (Fsp3) is 0.0625. The van der Waals surface area contributed by atoms with E-state index in [9.17, 15) is 0 Å². The lowest BCUT2D eigenvalue weighted by Crippen LogP contribution is -2.32. The number of hydrogen-bond donors (Lipinski definition) is 0. The molecule has 7 aromatic rings. The van der Waals surface area contributed by atoms with Crippen LogP contribution in [0.4, 0.5) is 0 Å². The third-order valence-corrected chi connectivity index (χ3v) is 10.8. The van der Waals surface area contributed by atoms with Crippen LogP contribution >= 0.6 is 0 Å². The third-order valence-electron chi connectivity index (χ3n) is 10.8. The Morgan fingerprint density at radius 1 is 0.490 bits per heavy atom. The van der Waals surface area contributed by atoms with Gasteiger partial charge in [0.2, 0.25) is 0 Å². The normalized spacial score (nSPS) is 16.3. The van der Waals surface area contributed by atoms with Crippen LogP contribution in [0.2, 0.25) is 0 Å². The second-order valence-electron chi connectivity index (χ2n) is 13.5. The van der Waals surface area contributed by atoms with Gasteiger partial charge in [-0.2, -0.15) is 0 Å². The Kier molecular flexibility index (Phi) is 6.68. The van der Waals surface area contributed by atoms with E-state index in [1.165, 1.54) is 33.4 Å². The molecule has 0 radical (unpaired) electrons. The number of fused-ring (bicyclic) bond motifs is 9. The topological polar surface area (TPSA) is 24.8 Å². The minimum absolute atomic E-state index is 0.208. The molecule has 0 saturated carbocycles. The number of allylic oxidation sites excluding steroid dienone is 1. The molecule has 0 N–H and O–H groups in total. The van der Waals surface area contributed by atoms with Gasteiger partial charge in [-0.1, -0.05) is 152 Å². The maximum absolute atomic E-state index is 6.75. The van der Waals surface area contributed by atoms with Gasteiger partial charge in [0.25, 0.3) is 0 Å². The SMILES string of the molecule is CN1C(c2ccc3c(c2)C2(c4ccccc4O3)c3ccccc3-c3ccccc32)=CC(c2ccccc2-c2ccccc2)=NC1c1ccccc1. The number of para-hydroxylation sites is 1. The van der Waals surface area contributed by atoms with Crippen LogP contribution in [-0.4, -0.2) is 17.7 Å². The zero-order chi connectivity index (χ0) is 33.9. The molecule has 1 aliphatic carbocycles. The standard InChI is InChI=1S/C48H34N2O/c1-50-44(31-43(49-47(50)33-18-6-3-7-19-33)38-23-9-8-20-35(38)32-16-4-2-5-17-32)34-28-29-46-42(30-34)48(41-26-14-15-27-45(41)51-46)39-24-12-10-21-36(39)37-22-11-13-25-40(37)48/h2-31,47H,1H3. The molecule has 242 valence electrons. The average Bonchev–Trinajstić information content (AvgIpc) is 3.49. The van der Waals surface area contributed by atoms with Gasteiger partial charge < -0.3 is 9.64 Å². The maximum Gasteiger partial charge on any atom is 0.147 e. The van der Waals surface area contributed by atoms with E-state index in [2.05, 4.69) is 194 Å². The van der Waals surface area contributed by atoms with Gasteiger partial charge in [0.1, 0.15) is 17.7 Å². The predicted octanol–water partition coefficient (Wildman–Crippen LogP) is 11.3. The lowest BCUT2D eigenvalue weighted by molar-refractivity contribution is 0.364. The summed E-state index contributed by atoms with van der Waals surface area (Å²) in [5, 5.41) is 0. The number of ether oxygens (including phenoxy) is 1. The van der Waals surface area contributed by atoms with Crippen molar-refractivity contribution in [2.24, 2.45) is 4.99 Å². The Morgan fingerprint density at radius 2 is 1.04 bits per heavy atom. The third kappa shape index (κ3) is 4.41. The van der Waals surface area contributed by atoms with E-state index < -0.39 is 5.41 Å². The van der Waals surface area contributed by atoms with E-state index in [-0.39, 0.29) is 6.17 Å². The van der Waals surface area contributed by atoms with Gasteiger partial charge in [-0.25, -0.2) is 0 Å². The summed E-state index contributed by atoms with van der Waals surface area (Å²) in [6.07, 6.45) is 2.06. The van der Waals surface area contributed by atoms with Crippen molar-refractivity contribution in [1.29, 1.82) is 0 Å². The molecule has 7 aromatic carbocycles. The Balaban J connectivity index is 1.21. The van der Waals surface area contributed by atoms with Crippen molar-refractivity contribution in [2.75, 3.05) is 7.05 Å². The maximum atomic E-state index is 6.75. The summed E-state index contributed by atoms with van der Waals surface area (Å²) < 4.78 is 6.75. The van der Waals surface area contributed by atoms with E-state index in [4.69, 9.17) is 9.73 Å². The largest absolute Gasteiger partial charge is 0.457 e. The molecule has 0 fully saturated rings. The molecule has 0 amide bonds. The summed E-state index contributed by atoms with van der Waals surface area (Å²) in [6.45, 7) is 0. The first kappa shape index (κ1) is 29.5. The molecule has 0 aromatic heterocycles. The number of rotatable bonds is 4. The molecule has 3 aliphatic rings. The number of benzene rings is 7. The summed E-state index contributed by atoms with van der Waals surface area (Å²) >= 11 is 0. The van der Waals surface area contributed by atoms with Crippen LogP contribution in [0.5, 0.6) is 11.5 Å². The fourth-order valence-electron chi connectivity index (χ4n) is 8.57.